The second-order valence-electron chi connectivity index (χ2n) is 11.1. The molecule has 3 fully saturated rings. The zero-order chi connectivity index (χ0) is 36.3. The summed E-state index contributed by atoms with van der Waals surface area (Å²) in [6.07, 6.45) is -12.6. The van der Waals surface area contributed by atoms with Crippen LogP contribution in [0.3, 0.4) is 0 Å². The van der Waals surface area contributed by atoms with Gasteiger partial charge < -0.3 is 15.3 Å². The number of hydrogen-bond acceptors (Lipinski definition) is 6. The van der Waals surface area contributed by atoms with E-state index in [2.05, 4.69) is 75.4 Å². The van der Waals surface area contributed by atoms with E-state index in [1.807, 2.05) is 0 Å². The molecule has 0 aromatic heterocycles. The SMILES string of the molecule is O=C(O)C(F)(F)F.O=C(O)C(F)(F)F.O=C(O)C(F)(F)F.c1ccc(CN2CCC(N3CC4CN(Cc5ccccc5)CC43)CC2)cc1. The lowest BCUT2D eigenvalue weighted by Crippen LogP contribution is -2.61. The maximum absolute atomic E-state index is 10.6. The number of nitrogens with zero attached hydrogens (tertiary/aromatic N) is 3. The van der Waals surface area contributed by atoms with E-state index < -0.39 is 36.4 Å². The second kappa shape index (κ2) is 17.5. The van der Waals surface area contributed by atoms with Gasteiger partial charge in [0, 0.05) is 50.7 Å². The molecule has 0 saturated carbocycles. The minimum atomic E-state index is -5.08. The van der Waals surface area contributed by atoms with Crippen LogP contribution in [0, 0.1) is 5.92 Å². The van der Waals surface area contributed by atoms with Crippen LogP contribution in [0.25, 0.3) is 0 Å². The van der Waals surface area contributed by atoms with Gasteiger partial charge in [0.2, 0.25) is 0 Å². The summed E-state index contributed by atoms with van der Waals surface area (Å²) in [7, 11) is 0. The summed E-state index contributed by atoms with van der Waals surface area (Å²) in [5.74, 6) is -7.36. The van der Waals surface area contributed by atoms with E-state index in [4.69, 9.17) is 29.7 Å². The molecular formula is C30H34F9N3O6. The van der Waals surface area contributed by atoms with Gasteiger partial charge in [0.05, 0.1) is 0 Å². The molecule has 3 N–H and O–H groups in total. The summed E-state index contributed by atoms with van der Waals surface area (Å²) >= 11 is 0. The molecule has 0 aliphatic carbocycles. The van der Waals surface area contributed by atoms with Crippen molar-refractivity contribution in [2.24, 2.45) is 5.92 Å². The molecule has 3 aliphatic rings. The monoisotopic (exact) mass is 703 g/mol. The van der Waals surface area contributed by atoms with Crippen molar-refractivity contribution < 1.29 is 69.2 Å². The number of benzene rings is 2. The molecule has 2 aromatic rings. The van der Waals surface area contributed by atoms with Crippen molar-refractivity contribution in [3.8, 4) is 0 Å². The molecule has 0 radical (unpaired) electrons. The normalized spacial score (nSPS) is 20.4. The van der Waals surface area contributed by atoms with E-state index in [0.717, 1.165) is 31.1 Å². The van der Waals surface area contributed by atoms with E-state index in [1.54, 1.807) is 0 Å². The lowest BCUT2D eigenvalue weighted by molar-refractivity contribution is -0.193. The molecule has 3 saturated heterocycles. The summed E-state index contributed by atoms with van der Waals surface area (Å²) in [5.41, 5.74) is 2.91. The maximum Gasteiger partial charge on any atom is 0.490 e. The van der Waals surface area contributed by atoms with E-state index in [1.165, 1.54) is 56.7 Å². The highest BCUT2D eigenvalue weighted by atomic mass is 19.4. The number of carbonyl (C=O) groups is 3. The van der Waals surface area contributed by atoms with Crippen LogP contribution in [-0.4, -0.2) is 111 Å². The molecule has 48 heavy (non-hydrogen) atoms. The Kier molecular flexibility index (Phi) is 14.7. The lowest BCUT2D eigenvalue weighted by atomic mass is 9.87. The van der Waals surface area contributed by atoms with Gasteiger partial charge in [-0.3, -0.25) is 14.7 Å². The largest absolute Gasteiger partial charge is 0.490 e. The third kappa shape index (κ3) is 13.7. The zero-order valence-corrected chi connectivity index (χ0v) is 25.2. The molecule has 3 heterocycles. The highest BCUT2D eigenvalue weighted by Gasteiger charge is 2.48. The van der Waals surface area contributed by atoms with Crippen LogP contribution in [0.1, 0.15) is 24.0 Å². The first kappa shape index (κ1) is 40.3. The standard InChI is InChI=1S/C24H31N3.3C2HF3O2/c1-3-7-20(8-4-1)15-25-13-11-23(12-14-25)27-18-22-17-26(19-24(22)27)16-21-9-5-2-6-10-21;3*3-2(4,5)1(6)7/h1-10,22-24H,11-19H2;3*(H,6,7). The number of hydrogen-bond donors (Lipinski definition) is 3. The van der Waals surface area contributed by atoms with Crippen LogP contribution in [0.4, 0.5) is 39.5 Å². The summed E-state index contributed by atoms with van der Waals surface area (Å²) in [5, 5.41) is 21.4. The van der Waals surface area contributed by atoms with Gasteiger partial charge in [-0.25, -0.2) is 14.4 Å². The number of aliphatic carboxylic acids is 3. The molecule has 0 spiro atoms. The molecule has 5 rings (SSSR count). The minimum absolute atomic E-state index is 0.815. The first-order chi connectivity index (χ1) is 22.2. The molecule has 2 atom stereocenters. The van der Waals surface area contributed by atoms with Crippen LogP contribution in [0.5, 0.6) is 0 Å². The topological polar surface area (TPSA) is 122 Å². The fourth-order valence-corrected chi connectivity index (χ4v) is 5.41. The number of fused-ring (bicyclic) bond motifs is 1. The number of carboxylic acids is 3. The highest BCUT2D eigenvalue weighted by molar-refractivity contribution is 5.73. The third-order valence-electron chi connectivity index (χ3n) is 7.61. The number of carboxylic acid groups (broad SMARTS) is 3. The molecule has 9 nitrogen and oxygen atoms in total. The fraction of sp³-hybridized carbons (Fsp3) is 0.500. The van der Waals surface area contributed by atoms with Gasteiger partial charge in [0.15, 0.2) is 0 Å². The smallest absolute Gasteiger partial charge is 0.475 e. The van der Waals surface area contributed by atoms with Crippen molar-refractivity contribution >= 4 is 17.9 Å². The number of rotatable bonds is 5. The van der Waals surface area contributed by atoms with Gasteiger partial charge in [-0.15, -0.1) is 0 Å². The number of alkyl halides is 9. The van der Waals surface area contributed by atoms with E-state index in [9.17, 15) is 39.5 Å². The molecule has 268 valence electrons. The Morgan fingerprint density at radius 3 is 1.29 bits per heavy atom. The van der Waals surface area contributed by atoms with Crippen molar-refractivity contribution in [2.75, 3.05) is 32.7 Å². The number of likely N-dealkylation sites (tertiary alicyclic amines) is 3. The molecule has 3 aliphatic heterocycles. The van der Waals surface area contributed by atoms with Gasteiger partial charge in [0.25, 0.3) is 0 Å². The minimum Gasteiger partial charge on any atom is -0.475 e. The average Bonchev–Trinajstić information content (AvgIpc) is 3.29. The van der Waals surface area contributed by atoms with Crippen LogP contribution >= 0.6 is 0 Å². The third-order valence-corrected chi connectivity index (χ3v) is 7.61. The maximum atomic E-state index is 10.6. The van der Waals surface area contributed by atoms with Gasteiger partial charge in [-0.2, -0.15) is 39.5 Å². The van der Waals surface area contributed by atoms with Gasteiger partial charge in [0.1, 0.15) is 0 Å². The van der Waals surface area contributed by atoms with Crippen LogP contribution in [0.2, 0.25) is 0 Å². The van der Waals surface area contributed by atoms with Crippen LogP contribution in [0.15, 0.2) is 60.7 Å². The Morgan fingerprint density at radius 2 is 0.938 bits per heavy atom. The van der Waals surface area contributed by atoms with Crippen LogP contribution in [-0.2, 0) is 27.5 Å². The lowest BCUT2D eigenvalue weighted by Gasteiger charge is -2.50. The predicted octanol–water partition coefficient (Wildman–Crippen LogP) is 5.37. The van der Waals surface area contributed by atoms with Gasteiger partial charge in [-0.1, -0.05) is 60.7 Å². The Bertz CT molecular complexity index is 1250. The average molecular weight is 704 g/mol. The highest BCUT2D eigenvalue weighted by Crippen LogP contribution is 2.37. The van der Waals surface area contributed by atoms with Crippen molar-refractivity contribution in [3.63, 3.8) is 0 Å². The predicted molar refractivity (Wildman–Crippen MR) is 152 cm³/mol. The van der Waals surface area contributed by atoms with Crippen molar-refractivity contribution in [1.82, 2.24) is 14.7 Å². The quantitative estimate of drug-likeness (QED) is 0.353. The van der Waals surface area contributed by atoms with E-state index in [0.29, 0.717) is 0 Å². The summed E-state index contributed by atoms with van der Waals surface area (Å²) < 4.78 is 95.2. The molecular weight excluding hydrogens is 669 g/mol. The van der Waals surface area contributed by atoms with Crippen molar-refractivity contribution in [2.45, 2.75) is 56.5 Å². The number of piperidine rings is 1. The van der Waals surface area contributed by atoms with Gasteiger partial charge >= 0.3 is 36.4 Å². The Hall–Kier alpha value is -3.90. The molecule has 2 unspecified atom stereocenters. The summed E-state index contributed by atoms with van der Waals surface area (Å²) in [6.45, 7) is 8.63. The first-order valence-corrected chi connectivity index (χ1v) is 14.4. The molecule has 0 bridgehead atoms. The zero-order valence-electron chi connectivity index (χ0n) is 25.2. The second-order valence-corrected chi connectivity index (χ2v) is 11.1. The number of halogens is 9. The molecule has 18 heteroatoms. The fourth-order valence-electron chi connectivity index (χ4n) is 5.41. The summed E-state index contributed by atoms with van der Waals surface area (Å²) in [4.78, 5) is 34.8. The Morgan fingerprint density at radius 1 is 0.583 bits per heavy atom. The Balaban J connectivity index is 0.000000313. The summed E-state index contributed by atoms with van der Waals surface area (Å²) in [6, 6.07) is 23.5. The van der Waals surface area contributed by atoms with E-state index in [-0.39, 0.29) is 0 Å². The van der Waals surface area contributed by atoms with Crippen LogP contribution < -0.4 is 0 Å². The van der Waals surface area contributed by atoms with Crippen molar-refractivity contribution in [3.05, 3.63) is 71.8 Å². The van der Waals surface area contributed by atoms with E-state index >= 15 is 0 Å². The first-order valence-electron chi connectivity index (χ1n) is 14.4. The Labute approximate surface area is 269 Å². The van der Waals surface area contributed by atoms with Crippen molar-refractivity contribution in [1.29, 1.82) is 0 Å². The molecule has 2 aromatic carbocycles. The molecule has 0 amide bonds. The van der Waals surface area contributed by atoms with Gasteiger partial charge in [-0.05, 0) is 37.1 Å².